The van der Waals surface area contributed by atoms with Gasteiger partial charge in [0.25, 0.3) is 0 Å². The average molecular weight is 324 g/mol. The van der Waals surface area contributed by atoms with E-state index in [-0.39, 0.29) is 13.0 Å². The normalized spacial score (nSPS) is 12.5. The summed E-state index contributed by atoms with van der Waals surface area (Å²) < 4.78 is 10.2. The second-order valence-corrected chi connectivity index (χ2v) is 5.22. The predicted molar refractivity (Wildman–Crippen MR) is 91.6 cm³/mol. The Kier molecular flexibility index (Phi) is 5.80. The van der Waals surface area contributed by atoms with Crippen molar-refractivity contribution in [2.45, 2.75) is 18.9 Å². The number of hydrogen-bond donors (Lipinski definition) is 1. The zero-order chi connectivity index (χ0) is 17.4. The van der Waals surface area contributed by atoms with Gasteiger partial charge in [-0.25, -0.2) is 0 Å². The molecule has 0 fully saturated rings. The fraction of sp³-hybridized carbons (Fsp3) is 0.263. The van der Waals surface area contributed by atoms with Crippen molar-refractivity contribution in [3.63, 3.8) is 0 Å². The van der Waals surface area contributed by atoms with E-state index in [1.54, 1.807) is 38.3 Å². The Morgan fingerprint density at radius 3 is 2.38 bits per heavy atom. The summed E-state index contributed by atoms with van der Waals surface area (Å²) in [5.41, 5.74) is 0.212. The maximum atomic E-state index is 12.0. The van der Waals surface area contributed by atoms with Crippen molar-refractivity contribution < 1.29 is 14.3 Å². The summed E-state index contributed by atoms with van der Waals surface area (Å²) in [6.45, 7) is 2.02. The second kappa shape index (κ2) is 8.02. The highest BCUT2D eigenvalue weighted by Gasteiger charge is 2.35. The van der Waals surface area contributed by atoms with Gasteiger partial charge in [-0.3, -0.25) is 4.79 Å². The summed E-state index contributed by atoms with van der Waals surface area (Å²) >= 11 is 0. The molecule has 124 valence electrons. The molecule has 24 heavy (non-hydrogen) atoms. The average Bonchev–Trinajstić information content (AvgIpc) is 2.62. The highest BCUT2D eigenvalue weighted by molar-refractivity contribution is 5.74. The molecule has 0 aromatic heterocycles. The Hall–Kier alpha value is -3.00. The topological polar surface area (TPSA) is 71.4 Å². The van der Waals surface area contributed by atoms with E-state index >= 15 is 0 Å². The van der Waals surface area contributed by atoms with Crippen LogP contribution in [0.4, 0.5) is 5.69 Å². The van der Waals surface area contributed by atoms with Gasteiger partial charge in [0, 0.05) is 5.69 Å². The number of benzene rings is 2. The number of methoxy groups -OCH3 is 1. The van der Waals surface area contributed by atoms with Crippen molar-refractivity contribution in [2.24, 2.45) is 0 Å². The molecule has 0 aliphatic rings. The third-order valence-electron chi connectivity index (χ3n) is 3.62. The van der Waals surface area contributed by atoms with E-state index < -0.39 is 11.5 Å². The van der Waals surface area contributed by atoms with Crippen LogP contribution in [0.2, 0.25) is 0 Å². The molecule has 2 aromatic carbocycles. The Labute approximate surface area is 141 Å². The first-order valence-corrected chi connectivity index (χ1v) is 7.68. The Bertz CT molecular complexity index is 708. The zero-order valence-electron chi connectivity index (χ0n) is 13.8. The van der Waals surface area contributed by atoms with Crippen LogP contribution < -0.4 is 10.1 Å². The molecule has 0 saturated carbocycles. The van der Waals surface area contributed by atoms with Crippen LogP contribution in [-0.4, -0.2) is 19.7 Å². The highest BCUT2D eigenvalue weighted by Crippen LogP contribution is 2.30. The molecule has 0 saturated heterocycles. The minimum absolute atomic E-state index is 0.0899. The molecule has 1 N–H and O–H groups in total. The van der Waals surface area contributed by atoms with E-state index in [0.29, 0.717) is 17.0 Å². The molecule has 0 heterocycles. The van der Waals surface area contributed by atoms with Gasteiger partial charge < -0.3 is 14.8 Å². The lowest BCUT2D eigenvalue weighted by Gasteiger charge is -2.28. The largest absolute Gasteiger partial charge is 0.497 e. The number of carbonyl (C=O) groups is 1. The third-order valence-corrected chi connectivity index (χ3v) is 3.62. The molecule has 1 atom stereocenters. The highest BCUT2D eigenvalue weighted by atomic mass is 16.5. The number of esters is 1. The van der Waals surface area contributed by atoms with Crippen LogP contribution in [0.25, 0.3) is 0 Å². The molecular formula is C19H20N2O3. The summed E-state index contributed by atoms with van der Waals surface area (Å²) in [7, 11) is 1.59. The van der Waals surface area contributed by atoms with Gasteiger partial charge in [-0.1, -0.05) is 30.3 Å². The molecular weight excluding hydrogens is 304 g/mol. The van der Waals surface area contributed by atoms with Gasteiger partial charge in [-0.05, 0) is 36.8 Å². The van der Waals surface area contributed by atoms with Crippen molar-refractivity contribution >= 4 is 11.7 Å². The lowest BCUT2D eigenvalue weighted by Crippen LogP contribution is -2.37. The minimum atomic E-state index is -1.21. The first-order chi connectivity index (χ1) is 11.6. The van der Waals surface area contributed by atoms with Crippen molar-refractivity contribution in [1.29, 1.82) is 5.26 Å². The summed E-state index contributed by atoms with van der Waals surface area (Å²) in [6, 6.07) is 18.6. The molecule has 0 radical (unpaired) electrons. The third kappa shape index (κ3) is 4.05. The molecule has 0 aliphatic carbocycles. The maximum Gasteiger partial charge on any atom is 0.309 e. The van der Waals surface area contributed by atoms with Crippen molar-refractivity contribution in [1.82, 2.24) is 0 Å². The maximum absolute atomic E-state index is 12.0. The van der Waals surface area contributed by atoms with E-state index in [0.717, 1.165) is 0 Å². The summed E-state index contributed by atoms with van der Waals surface area (Å²) in [5, 5.41) is 13.0. The quantitative estimate of drug-likeness (QED) is 0.790. The molecule has 0 bridgehead atoms. The lowest BCUT2D eigenvalue weighted by atomic mass is 9.87. The van der Waals surface area contributed by atoms with E-state index in [2.05, 4.69) is 11.4 Å². The van der Waals surface area contributed by atoms with Crippen molar-refractivity contribution in [2.75, 3.05) is 19.0 Å². The Morgan fingerprint density at radius 1 is 1.17 bits per heavy atom. The lowest BCUT2D eigenvalue weighted by molar-refractivity contribution is -0.143. The molecule has 5 heteroatoms. The number of nitrogens with one attached hydrogen (secondary N) is 1. The van der Waals surface area contributed by atoms with E-state index in [4.69, 9.17) is 9.47 Å². The Balaban J connectivity index is 2.37. The summed E-state index contributed by atoms with van der Waals surface area (Å²) in [5.74, 6) is 0.289. The molecule has 2 rings (SSSR count). The van der Waals surface area contributed by atoms with E-state index in [9.17, 15) is 10.1 Å². The van der Waals surface area contributed by atoms with Gasteiger partial charge in [0.15, 0.2) is 5.54 Å². The zero-order valence-corrected chi connectivity index (χ0v) is 13.8. The smallest absolute Gasteiger partial charge is 0.309 e. The minimum Gasteiger partial charge on any atom is -0.497 e. The molecule has 0 aliphatic heterocycles. The summed E-state index contributed by atoms with van der Waals surface area (Å²) in [4.78, 5) is 12.0. The Morgan fingerprint density at radius 2 is 1.83 bits per heavy atom. The van der Waals surface area contributed by atoms with Crippen LogP contribution in [0.5, 0.6) is 5.75 Å². The number of nitriles is 1. The van der Waals surface area contributed by atoms with Crippen LogP contribution in [0.3, 0.4) is 0 Å². The molecule has 2 aromatic rings. The SMILES string of the molecule is CCOC(=O)CC(C#N)(Nc1ccc(OC)cc1)c1ccccc1. The van der Waals surface area contributed by atoms with Gasteiger partial charge >= 0.3 is 5.97 Å². The molecule has 1 unspecified atom stereocenters. The van der Waals surface area contributed by atoms with Crippen LogP contribution in [0.1, 0.15) is 18.9 Å². The van der Waals surface area contributed by atoms with E-state index in [1.165, 1.54) is 0 Å². The van der Waals surface area contributed by atoms with Gasteiger partial charge in [0.05, 0.1) is 26.2 Å². The monoisotopic (exact) mass is 324 g/mol. The standard InChI is InChI=1S/C19H20N2O3/c1-3-24-18(22)13-19(14-20,15-7-5-4-6-8-15)21-16-9-11-17(23-2)12-10-16/h4-12,21H,3,13H2,1-2H3. The van der Waals surface area contributed by atoms with Gasteiger partial charge in [-0.15, -0.1) is 0 Å². The van der Waals surface area contributed by atoms with Gasteiger partial charge in [-0.2, -0.15) is 5.26 Å². The van der Waals surface area contributed by atoms with Crippen LogP contribution in [0.15, 0.2) is 54.6 Å². The first-order valence-electron chi connectivity index (χ1n) is 7.68. The van der Waals surface area contributed by atoms with Gasteiger partial charge in [0.2, 0.25) is 0 Å². The van der Waals surface area contributed by atoms with Crippen molar-refractivity contribution in [3.05, 3.63) is 60.2 Å². The van der Waals surface area contributed by atoms with Crippen molar-refractivity contribution in [3.8, 4) is 11.8 Å². The summed E-state index contributed by atoms with van der Waals surface area (Å²) in [6.07, 6.45) is -0.0899. The molecule has 0 amide bonds. The number of anilines is 1. The first kappa shape index (κ1) is 17.4. The van der Waals surface area contributed by atoms with E-state index in [1.807, 2.05) is 30.3 Å². The fourth-order valence-corrected chi connectivity index (χ4v) is 2.42. The van der Waals surface area contributed by atoms with Crippen LogP contribution in [0, 0.1) is 11.3 Å². The number of carbonyl (C=O) groups excluding carboxylic acids is 1. The number of rotatable bonds is 7. The number of ether oxygens (including phenoxy) is 2. The predicted octanol–water partition coefficient (Wildman–Crippen LogP) is 3.48. The molecule has 0 spiro atoms. The number of hydrogen-bond acceptors (Lipinski definition) is 5. The van der Waals surface area contributed by atoms with Crippen LogP contribution >= 0.6 is 0 Å². The molecule has 5 nitrogen and oxygen atoms in total. The fourth-order valence-electron chi connectivity index (χ4n) is 2.42. The number of nitrogens with zero attached hydrogens (tertiary/aromatic N) is 1. The van der Waals surface area contributed by atoms with Crippen LogP contribution in [-0.2, 0) is 15.1 Å². The second-order valence-electron chi connectivity index (χ2n) is 5.22. The van der Waals surface area contributed by atoms with Gasteiger partial charge in [0.1, 0.15) is 5.75 Å².